The third-order valence-corrected chi connectivity index (χ3v) is 3.30. The lowest BCUT2D eigenvalue weighted by atomic mass is 10.1. The number of quaternary nitrogens is 2. The molecule has 0 heterocycles. The van der Waals surface area contributed by atoms with Crippen molar-refractivity contribution in [2.45, 2.75) is 44.2 Å². The van der Waals surface area contributed by atoms with Crippen LogP contribution in [0, 0.1) is 0 Å². The summed E-state index contributed by atoms with van der Waals surface area (Å²) in [6.45, 7) is 1.00. The van der Waals surface area contributed by atoms with Gasteiger partial charge in [-0.05, 0) is 19.3 Å². The zero-order valence-corrected chi connectivity index (χ0v) is 13.8. The van der Waals surface area contributed by atoms with Crippen LogP contribution < -0.4 is 16.8 Å². The van der Waals surface area contributed by atoms with Gasteiger partial charge in [-0.15, -0.1) is 0 Å². The summed E-state index contributed by atoms with van der Waals surface area (Å²) in [5.74, 6) is -2.17. The van der Waals surface area contributed by atoms with Gasteiger partial charge in [0.05, 0.1) is 27.7 Å². The number of primary amides is 1. The van der Waals surface area contributed by atoms with Crippen molar-refractivity contribution in [1.29, 1.82) is 0 Å². The monoisotopic (exact) mass is 318 g/mol. The van der Waals surface area contributed by atoms with Gasteiger partial charge in [-0.2, -0.15) is 0 Å². The molecule has 8 heteroatoms. The summed E-state index contributed by atoms with van der Waals surface area (Å²) in [5, 5.41) is 11.4. The molecule has 0 saturated heterocycles. The highest BCUT2D eigenvalue weighted by molar-refractivity contribution is 5.86. The average molecular weight is 318 g/mol. The van der Waals surface area contributed by atoms with E-state index in [0.717, 1.165) is 23.9 Å². The van der Waals surface area contributed by atoms with E-state index in [1.165, 1.54) is 0 Å². The molecule has 128 valence electrons. The Morgan fingerprint density at radius 3 is 2.23 bits per heavy atom. The minimum atomic E-state index is -1.17. The fourth-order valence-corrected chi connectivity index (χ4v) is 1.94. The lowest BCUT2D eigenvalue weighted by molar-refractivity contribution is -0.870. The zero-order chi connectivity index (χ0) is 17.3. The third kappa shape index (κ3) is 10.1. The molecule has 0 unspecified atom stereocenters. The van der Waals surface area contributed by atoms with E-state index >= 15 is 0 Å². The number of nitrogens with one attached hydrogen (secondary N) is 1. The highest BCUT2D eigenvalue weighted by atomic mass is 16.4. The lowest BCUT2D eigenvalue weighted by Gasteiger charge is -2.23. The van der Waals surface area contributed by atoms with Gasteiger partial charge in [0.2, 0.25) is 5.91 Å². The van der Waals surface area contributed by atoms with Gasteiger partial charge >= 0.3 is 5.97 Å². The maximum atomic E-state index is 11.9. The Kier molecular flexibility index (Phi) is 8.66. The standard InChI is InChI=1S/C14H28N4O4/c1-18(2,3)9-5-4-6-10(15)13(20)17-11(14(21)22)7-8-12(16)19/h10-11H,4-9,15H2,1-3H3,(H3-,16,17,19,20,21,22)/p+2/t10-,11-/m0/s1. The summed E-state index contributed by atoms with van der Waals surface area (Å²) in [7, 11) is 6.31. The van der Waals surface area contributed by atoms with E-state index in [0.29, 0.717) is 6.42 Å². The quantitative estimate of drug-likeness (QED) is 0.267. The van der Waals surface area contributed by atoms with Crippen molar-refractivity contribution in [3.05, 3.63) is 0 Å². The first-order valence-corrected chi connectivity index (χ1v) is 7.48. The number of nitrogens with zero attached hydrogens (tertiary/aromatic N) is 1. The van der Waals surface area contributed by atoms with Crippen LogP contribution in [0.1, 0.15) is 32.1 Å². The number of nitrogens with two attached hydrogens (primary N) is 1. The topological polar surface area (TPSA) is 137 Å². The molecular formula is C14H30N4O4+2. The molecule has 0 aliphatic carbocycles. The summed E-state index contributed by atoms with van der Waals surface area (Å²) >= 11 is 0. The average Bonchev–Trinajstić information content (AvgIpc) is 2.37. The highest BCUT2D eigenvalue weighted by Crippen LogP contribution is 2.04. The SMILES string of the molecule is C[N+](C)(C)CCCC[C@H]([NH3+])C(=O)N[C@@H](CCC(N)=O)C(=O)O. The molecule has 0 fully saturated rings. The van der Waals surface area contributed by atoms with Crippen molar-refractivity contribution in [2.24, 2.45) is 5.73 Å². The Morgan fingerprint density at radius 1 is 1.18 bits per heavy atom. The maximum absolute atomic E-state index is 11.9. The number of hydrogen-bond donors (Lipinski definition) is 4. The van der Waals surface area contributed by atoms with Crippen LogP contribution in [0.25, 0.3) is 0 Å². The first-order chi connectivity index (χ1) is 10.0. The molecular weight excluding hydrogens is 288 g/mol. The van der Waals surface area contributed by atoms with Crippen LogP contribution in [0.2, 0.25) is 0 Å². The summed E-state index contributed by atoms with van der Waals surface area (Å²) in [5.41, 5.74) is 8.77. The first-order valence-electron chi connectivity index (χ1n) is 7.48. The Bertz CT molecular complexity index is 393. The Hall–Kier alpha value is -1.67. The number of amides is 2. The van der Waals surface area contributed by atoms with E-state index in [1.54, 1.807) is 0 Å². The third-order valence-electron chi connectivity index (χ3n) is 3.30. The zero-order valence-electron chi connectivity index (χ0n) is 13.8. The van der Waals surface area contributed by atoms with Crippen LogP contribution >= 0.6 is 0 Å². The molecule has 0 aliphatic heterocycles. The van der Waals surface area contributed by atoms with E-state index in [1.807, 2.05) is 0 Å². The van der Waals surface area contributed by atoms with Crippen LogP contribution in [0.4, 0.5) is 0 Å². The molecule has 0 saturated carbocycles. The van der Waals surface area contributed by atoms with E-state index in [2.05, 4.69) is 32.2 Å². The summed E-state index contributed by atoms with van der Waals surface area (Å²) in [4.78, 5) is 33.7. The van der Waals surface area contributed by atoms with Crippen molar-refractivity contribution in [1.82, 2.24) is 5.32 Å². The molecule has 0 aromatic heterocycles. The van der Waals surface area contributed by atoms with E-state index < -0.39 is 29.9 Å². The van der Waals surface area contributed by atoms with Gasteiger partial charge in [-0.25, -0.2) is 4.79 Å². The smallest absolute Gasteiger partial charge is 0.326 e. The number of aliphatic carboxylic acids is 1. The minimum Gasteiger partial charge on any atom is -0.480 e. The molecule has 0 aliphatic rings. The van der Waals surface area contributed by atoms with Gasteiger partial charge in [0.1, 0.15) is 6.04 Å². The molecule has 0 radical (unpaired) electrons. The second-order valence-corrected chi connectivity index (χ2v) is 6.61. The largest absolute Gasteiger partial charge is 0.480 e. The van der Waals surface area contributed by atoms with Gasteiger partial charge in [-0.3, -0.25) is 9.59 Å². The Morgan fingerprint density at radius 2 is 1.77 bits per heavy atom. The van der Waals surface area contributed by atoms with Crippen molar-refractivity contribution >= 4 is 17.8 Å². The van der Waals surface area contributed by atoms with E-state index in [4.69, 9.17) is 10.8 Å². The van der Waals surface area contributed by atoms with Crippen LogP contribution in [-0.2, 0) is 14.4 Å². The van der Waals surface area contributed by atoms with Gasteiger partial charge < -0.3 is 26.4 Å². The molecule has 0 aromatic carbocycles. The van der Waals surface area contributed by atoms with Gasteiger partial charge in [0.25, 0.3) is 5.91 Å². The summed E-state index contributed by atoms with van der Waals surface area (Å²) in [6, 6.07) is -1.60. The Labute approximate surface area is 131 Å². The number of carboxylic acids is 1. The normalized spacial score (nSPS) is 14.2. The maximum Gasteiger partial charge on any atom is 0.326 e. The van der Waals surface area contributed by atoms with Crippen LogP contribution in [0.3, 0.4) is 0 Å². The highest BCUT2D eigenvalue weighted by Gasteiger charge is 2.25. The summed E-state index contributed by atoms with van der Waals surface area (Å²) in [6.07, 6.45) is 2.35. The molecule has 22 heavy (non-hydrogen) atoms. The minimum absolute atomic E-state index is 0.00929. The fourth-order valence-electron chi connectivity index (χ4n) is 1.94. The molecule has 7 N–H and O–H groups in total. The molecule has 8 nitrogen and oxygen atoms in total. The molecule has 0 rings (SSSR count). The van der Waals surface area contributed by atoms with Crippen molar-refractivity contribution in [3.63, 3.8) is 0 Å². The van der Waals surface area contributed by atoms with Crippen LogP contribution in [0.15, 0.2) is 0 Å². The summed E-state index contributed by atoms with van der Waals surface area (Å²) < 4.78 is 0.863. The number of rotatable bonds is 11. The van der Waals surface area contributed by atoms with Crippen LogP contribution in [-0.4, -0.2) is 67.1 Å². The molecule has 0 aromatic rings. The second kappa shape index (κ2) is 9.37. The molecule has 0 spiro atoms. The fraction of sp³-hybridized carbons (Fsp3) is 0.786. The Balaban J connectivity index is 4.19. The van der Waals surface area contributed by atoms with Crippen LogP contribution in [0.5, 0.6) is 0 Å². The van der Waals surface area contributed by atoms with E-state index in [9.17, 15) is 14.4 Å². The number of unbranched alkanes of at least 4 members (excludes halogenated alkanes) is 1. The van der Waals surface area contributed by atoms with Crippen molar-refractivity contribution in [3.8, 4) is 0 Å². The lowest BCUT2D eigenvalue weighted by Crippen LogP contribution is -2.68. The van der Waals surface area contributed by atoms with Gasteiger partial charge in [0, 0.05) is 12.8 Å². The van der Waals surface area contributed by atoms with Gasteiger partial charge in [0.15, 0.2) is 6.04 Å². The second-order valence-electron chi connectivity index (χ2n) is 6.61. The molecule has 2 atom stereocenters. The number of carbonyl (C=O) groups excluding carboxylic acids is 2. The van der Waals surface area contributed by atoms with E-state index in [-0.39, 0.29) is 12.8 Å². The first kappa shape index (κ1) is 20.3. The number of hydrogen-bond acceptors (Lipinski definition) is 3. The van der Waals surface area contributed by atoms with Crippen molar-refractivity contribution < 1.29 is 29.7 Å². The molecule has 2 amide bonds. The predicted molar refractivity (Wildman–Crippen MR) is 81.4 cm³/mol. The number of carbonyl (C=O) groups is 3. The molecule has 0 bridgehead atoms. The number of carboxylic acid groups (broad SMARTS) is 1. The van der Waals surface area contributed by atoms with Gasteiger partial charge in [-0.1, -0.05) is 0 Å². The van der Waals surface area contributed by atoms with Crippen molar-refractivity contribution in [2.75, 3.05) is 27.7 Å². The predicted octanol–water partition coefficient (Wildman–Crippen LogP) is -1.69.